The minimum absolute atomic E-state index is 1.08. The van der Waals surface area contributed by atoms with Gasteiger partial charge in [-0.3, -0.25) is 0 Å². The Labute approximate surface area is 86.8 Å². The molecule has 0 nitrogen and oxygen atoms in total. The third-order valence-corrected chi connectivity index (χ3v) is 0.781. The molecule has 0 unspecified atom stereocenters. The lowest BCUT2D eigenvalue weighted by atomic mass is 10.3. The summed E-state index contributed by atoms with van der Waals surface area (Å²) in [7, 11) is 0. The predicted octanol–water partition coefficient (Wildman–Crippen LogP) is 5.61. The molecule has 0 aromatic rings. The fraction of sp³-hybridized carbons (Fsp3) is 0.692. The van der Waals surface area contributed by atoms with Crippen LogP contribution in [0.4, 0.5) is 0 Å². The molecule has 0 heteroatoms. The summed E-state index contributed by atoms with van der Waals surface area (Å²) < 4.78 is 0. The van der Waals surface area contributed by atoms with E-state index < -0.39 is 0 Å². The van der Waals surface area contributed by atoms with E-state index in [-0.39, 0.29) is 0 Å². The molecule has 82 valence electrons. The monoisotopic (exact) mass is 186 g/mol. The first-order chi connectivity index (χ1) is 6.33. The van der Waals surface area contributed by atoms with Gasteiger partial charge >= 0.3 is 0 Å². The molecule has 0 saturated carbocycles. The van der Waals surface area contributed by atoms with E-state index in [2.05, 4.69) is 27.0 Å². The molecule has 0 atom stereocenters. The van der Waals surface area contributed by atoms with Crippen molar-refractivity contribution >= 4 is 0 Å². The third kappa shape index (κ3) is 168. The van der Waals surface area contributed by atoms with Gasteiger partial charge in [0.15, 0.2) is 0 Å². The molecule has 0 aliphatic rings. The highest BCUT2D eigenvalue weighted by molar-refractivity contribution is 4.63. The molecule has 0 saturated heterocycles. The topological polar surface area (TPSA) is 0 Å². The molecule has 13 heavy (non-hydrogen) atoms. The first kappa shape index (κ1) is 22.9. The van der Waals surface area contributed by atoms with E-state index >= 15 is 0 Å². The van der Waals surface area contributed by atoms with E-state index in [1.807, 2.05) is 39.8 Å². The Balaban J connectivity index is -0.0000000457. The van der Waals surface area contributed by atoms with Crippen LogP contribution in [0, 0.1) is 0 Å². The molecule has 0 heterocycles. The average Bonchev–Trinajstić information content (AvgIpc) is 2.25. The van der Waals surface area contributed by atoms with Crippen LogP contribution in [0.15, 0.2) is 25.3 Å². The number of hydrogen-bond acceptors (Lipinski definition) is 0. The van der Waals surface area contributed by atoms with Crippen LogP contribution in [-0.2, 0) is 0 Å². The Bertz CT molecular complexity index is 53.1. The summed E-state index contributed by atoms with van der Waals surface area (Å²) in [5.41, 5.74) is 0. The lowest BCUT2D eigenvalue weighted by Crippen LogP contribution is -1.52. The largest absolute Gasteiger partial charge is 0.103 e. The Morgan fingerprint density at radius 3 is 1.15 bits per heavy atom. The molecule has 0 N–H and O–H groups in total. The summed E-state index contributed by atoms with van der Waals surface area (Å²) in [4.78, 5) is 0. The van der Waals surface area contributed by atoms with Gasteiger partial charge in [-0.2, -0.15) is 0 Å². The van der Waals surface area contributed by atoms with Gasteiger partial charge in [-0.05, 0) is 12.8 Å². The summed E-state index contributed by atoms with van der Waals surface area (Å²) in [6.07, 6.45) is 7.27. The van der Waals surface area contributed by atoms with Crippen molar-refractivity contribution in [3.8, 4) is 0 Å². The molecular weight excluding hydrogens is 156 g/mol. The summed E-state index contributed by atoms with van der Waals surface area (Å²) in [5.74, 6) is 0. The van der Waals surface area contributed by atoms with Gasteiger partial charge in [0.05, 0.1) is 0 Å². The zero-order valence-electron chi connectivity index (χ0n) is 10.7. The first-order valence-corrected chi connectivity index (χ1v) is 5.55. The van der Waals surface area contributed by atoms with Crippen LogP contribution < -0.4 is 0 Å². The number of rotatable bonds is 3. The van der Waals surface area contributed by atoms with Crippen LogP contribution in [0.25, 0.3) is 0 Å². The van der Waals surface area contributed by atoms with E-state index in [9.17, 15) is 0 Å². The van der Waals surface area contributed by atoms with E-state index in [4.69, 9.17) is 0 Å². The molecule has 0 amide bonds. The number of unbranched alkanes of at least 4 members (excludes halogenated alkanes) is 1. The van der Waals surface area contributed by atoms with Gasteiger partial charge in [0.2, 0.25) is 0 Å². The third-order valence-electron chi connectivity index (χ3n) is 0.781. The van der Waals surface area contributed by atoms with E-state index in [1.165, 1.54) is 6.42 Å². The average molecular weight is 186 g/mol. The molecule has 0 aromatic carbocycles. The standard InChI is InChI=1S/C5H10.C4H8.2C2H6/c1-3-5-4-2;1-3-4-2;2*1-2/h3H,1,4-5H2,2H3;3H,1,4H2,2H3;2*1-2H3. The number of allylic oxidation sites excluding steroid dienone is 2. The second-order valence-electron chi connectivity index (χ2n) is 1.77. The van der Waals surface area contributed by atoms with Crippen LogP contribution in [0.3, 0.4) is 0 Å². The van der Waals surface area contributed by atoms with E-state index in [0.29, 0.717) is 0 Å². The SMILES string of the molecule is C=CCC.C=CCCC.CC.CC. The molecule has 0 bridgehead atoms. The predicted molar refractivity (Wildman–Crippen MR) is 68.3 cm³/mol. The zero-order chi connectivity index (χ0) is 11.5. The quantitative estimate of drug-likeness (QED) is 0.503. The molecule has 0 aliphatic heterocycles. The van der Waals surface area contributed by atoms with Gasteiger partial charge in [-0.1, -0.05) is 60.1 Å². The smallest absolute Gasteiger partial charge is 0.0356 e. The normalized spacial score (nSPS) is 5.69. The van der Waals surface area contributed by atoms with Gasteiger partial charge in [-0.25, -0.2) is 0 Å². The molecule has 0 aromatic heterocycles. The van der Waals surface area contributed by atoms with E-state index in [0.717, 1.165) is 12.8 Å². The maximum Gasteiger partial charge on any atom is -0.0356 e. The summed E-state index contributed by atoms with van der Waals surface area (Å²) >= 11 is 0. The Morgan fingerprint density at radius 2 is 1.15 bits per heavy atom. The van der Waals surface area contributed by atoms with E-state index in [1.54, 1.807) is 0 Å². The molecule has 0 aliphatic carbocycles. The maximum absolute atomic E-state index is 3.55. The fourth-order valence-electron chi connectivity index (χ4n) is 0.204. The van der Waals surface area contributed by atoms with Gasteiger partial charge in [-0.15, -0.1) is 13.2 Å². The molecule has 0 fully saturated rings. The summed E-state index contributed by atoms with van der Waals surface area (Å²) in [5, 5.41) is 0. The summed E-state index contributed by atoms with van der Waals surface area (Å²) in [6, 6.07) is 0. The van der Waals surface area contributed by atoms with Crippen LogP contribution in [0.2, 0.25) is 0 Å². The molecule has 0 rings (SSSR count). The Kier molecular flexibility index (Phi) is 111. The van der Waals surface area contributed by atoms with Crippen molar-refractivity contribution in [2.75, 3.05) is 0 Å². The van der Waals surface area contributed by atoms with Crippen molar-refractivity contribution < 1.29 is 0 Å². The van der Waals surface area contributed by atoms with Crippen LogP contribution >= 0.6 is 0 Å². The Hall–Kier alpha value is -0.520. The van der Waals surface area contributed by atoms with Crippen molar-refractivity contribution in [1.82, 2.24) is 0 Å². The first-order valence-electron chi connectivity index (χ1n) is 5.55. The minimum atomic E-state index is 1.08. The van der Waals surface area contributed by atoms with Crippen LogP contribution in [0.1, 0.15) is 60.8 Å². The Morgan fingerprint density at radius 1 is 0.846 bits per heavy atom. The van der Waals surface area contributed by atoms with Crippen molar-refractivity contribution in [2.45, 2.75) is 60.8 Å². The highest BCUT2D eigenvalue weighted by atomic mass is 13.7. The summed E-state index contributed by atoms with van der Waals surface area (Å²) in [6.45, 7) is 19.2. The highest BCUT2D eigenvalue weighted by Crippen LogP contribution is 1.82. The van der Waals surface area contributed by atoms with Crippen LogP contribution in [0.5, 0.6) is 0 Å². The lowest BCUT2D eigenvalue weighted by molar-refractivity contribution is 0.961. The van der Waals surface area contributed by atoms with Crippen LogP contribution in [-0.4, -0.2) is 0 Å². The molecule has 0 spiro atoms. The lowest BCUT2D eigenvalue weighted by Gasteiger charge is -1.72. The molecule has 0 radical (unpaired) electrons. The van der Waals surface area contributed by atoms with Gasteiger partial charge in [0.25, 0.3) is 0 Å². The van der Waals surface area contributed by atoms with Crippen molar-refractivity contribution in [2.24, 2.45) is 0 Å². The highest BCUT2D eigenvalue weighted by Gasteiger charge is 1.61. The zero-order valence-corrected chi connectivity index (χ0v) is 10.7. The van der Waals surface area contributed by atoms with Gasteiger partial charge < -0.3 is 0 Å². The second-order valence-corrected chi connectivity index (χ2v) is 1.77. The second kappa shape index (κ2) is 62.8. The number of hydrogen-bond donors (Lipinski definition) is 0. The minimum Gasteiger partial charge on any atom is -0.103 e. The van der Waals surface area contributed by atoms with Gasteiger partial charge in [0, 0.05) is 0 Å². The van der Waals surface area contributed by atoms with Gasteiger partial charge in [0.1, 0.15) is 0 Å². The fourth-order valence-corrected chi connectivity index (χ4v) is 0.204. The maximum atomic E-state index is 3.55. The van der Waals surface area contributed by atoms with Crippen molar-refractivity contribution in [3.05, 3.63) is 25.3 Å². The van der Waals surface area contributed by atoms with Crippen molar-refractivity contribution in [1.29, 1.82) is 0 Å². The van der Waals surface area contributed by atoms with Crippen molar-refractivity contribution in [3.63, 3.8) is 0 Å². The molecular formula is C13H30.